The Morgan fingerprint density at radius 3 is 2.88 bits per heavy atom. The molecule has 5 heteroatoms. The molecule has 2 aliphatic rings. The maximum absolute atomic E-state index is 13.0. The van der Waals surface area contributed by atoms with E-state index in [1.165, 1.54) is 0 Å². The van der Waals surface area contributed by atoms with Crippen molar-refractivity contribution in [1.82, 2.24) is 15.2 Å². The number of ether oxygens (including phenoxy) is 1. The molecule has 0 unspecified atom stereocenters. The molecule has 132 valence electrons. The number of carbonyl (C=O) groups is 1. The van der Waals surface area contributed by atoms with Gasteiger partial charge in [-0.3, -0.25) is 4.79 Å². The van der Waals surface area contributed by atoms with Crippen LogP contribution >= 0.6 is 0 Å². The molecule has 0 spiro atoms. The fraction of sp³-hybridized carbons (Fsp3) is 0.684. The van der Waals surface area contributed by atoms with E-state index in [0.717, 1.165) is 37.8 Å². The highest BCUT2D eigenvalue weighted by atomic mass is 16.5. The first-order valence-corrected chi connectivity index (χ1v) is 9.18. The lowest BCUT2D eigenvalue weighted by atomic mass is 9.91. The lowest BCUT2D eigenvalue weighted by Gasteiger charge is -2.32. The number of amides is 1. The van der Waals surface area contributed by atoms with Gasteiger partial charge in [-0.15, -0.1) is 0 Å². The summed E-state index contributed by atoms with van der Waals surface area (Å²) in [5.41, 5.74) is 1.10. The Kier molecular flexibility index (Phi) is 5.39. The van der Waals surface area contributed by atoms with Crippen molar-refractivity contribution >= 4 is 5.91 Å². The van der Waals surface area contributed by atoms with Gasteiger partial charge in [0.2, 0.25) is 11.8 Å². The largest absolute Gasteiger partial charge is 0.475 e. The van der Waals surface area contributed by atoms with Crippen molar-refractivity contribution in [3.63, 3.8) is 0 Å². The number of hydrogen-bond acceptors (Lipinski definition) is 4. The minimum atomic E-state index is 0.102. The summed E-state index contributed by atoms with van der Waals surface area (Å²) in [6, 6.07) is 4.81. The number of piperidine rings is 1. The second-order valence-corrected chi connectivity index (χ2v) is 7.44. The molecule has 1 N–H and O–H groups in total. The van der Waals surface area contributed by atoms with Crippen LogP contribution in [-0.4, -0.2) is 40.5 Å². The first-order valence-electron chi connectivity index (χ1n) is 9.18. The van der Waals surface area contributed by atoms with Gasteiger partial charge in [0.15, 0.2) is 0 Å². The van der Waals surface area contributed by atoms with E-state index >= 15 is 0 Å². The highest BCUT2D eigenvalue weighted by molar-refractivity contribution is 5.79. The number of hydrogen-bond donors (Lipinski definition) is 1. The molecule has 5 nitrogen and oxygen atoms in total. The minimum absolute atomic E-state index is 0.102. The Morgan fingerprint density at radius 1 is 1.42 bits per heavy atom. The van der Waals surface area contributed by atoms with Gasteiger partial charge in [-0.05, 0) is 64.6 Å². The van der Waals surface area contributed by atoms with E-state index < -0.39 is 0 Å². The van der Waals surface area contributed by atoms with Crippen molar-refractivity contribution in [2.24, 2.45) is 5.92 Å². The van der Waals surface area contributed by atoms with E-state index in [9.17, 15) is 4.79 Å². The summed E-state index contributed by atoms with van der Waals surface area (Å²) >= 11 is 0. The van der Waals surface area contributed by atoms with Gasteiger partial charge in [-0.1, -0.05) is 0 Å². The van der Waals surface area contributed by atoms with Crippen LogP contribution in [0.4, 0.5) is 0 Å². The number of nitrogens with one attached hydrogen (secondary N) is 1. The first-order chi connectivity index (χ1) is 11.5. The Bertz CT molecular complexity index is 571. The topological polar surface area (TPSA) is 54.5 Å². The molecule has 1 aromatic rings. The molecule has 0 bridgehead atoms. The normalized spacial score (nSPS) is 24.0. The second-order valence-electron chi connectivity index (χ2n) is 7.44. The van der Waals surface area contributed by atoms with Gasteiger partial charge < -0.3 is 15.0 Å². The summed E-state index contributed by atoms with van der Waals surface area (Å²) in [5.74, 6) is 1.13. The summed E-state index contributed by atoms with van der Waals surface area (Å²) in [6.07, 6.45) is 6.03. The number of carbonyl (C=O) groups excluding carboxylic acids is 1. The zero-order valence-electron chi connectivity index (χ0n) is 15.0. The second kappa shape index (κ2) is 7.51. The van der Waals surface area contributed by atoms with Gasteiger partial charge in [-0.2, -0.15) is 0 Å². The van der Waals surface area contributed by atoms with Gasteiger partial charge >= 0.3 is 0 Å². The Hall–Kier alpha value is -1.62. The molecule has 2 heterocycles. The van der Waals surface area contributed by atoms with Crippen LogP contribution in [0.15, 0.2) is 18.3 Å². The number of rotatable bonds is 6. The van der Waals surface area contributed by atoms with Crippen LogP contribution in [-0.2, 0) is 11.3 Å². The molecule has 2 atom stereocenters. The van der Waals surface area contributed by atoms with Crippen LogP contribution in [0.3, 0.4) is 0 Å². The molecule has 1 aromatic heterocycles. The van der Waals surface area contributed by atoms with Gasteiger partial charge in [-0.25, -0.2) is 4.98 Å². The lowest BCUT2D eigenvalue weighted by Crippen LogP contribution is -2.44. The van der Waals surface area contributed by atoms with Crippen molar-refractivity contribution in [3.05, 3.63) is 23.9 Å². The first kappa shape index (κ1) is 17.2. The number of aromatic nitrogens is 1. The molecule has 2 fully saturated rings. The highest BCUT2D eigenvalue weighted by Gasteiger charge is 2.37. The third kappa shape index (κ3) is 4.47. The molecule has 24 heavy (non-hydrogen) atoms. The van der Waals surface area contributed by atoms with Crippen LogP contribution < -0.4 is 10.1 Å². The average molecular weight is 331 g/mol. The molecular formula is C19H29N3O2. The molecule has 0 radical (unpaired) electrons. The van der Waals surface area contributed by atoms with E-state index in [1.807, 2.05) is 26.0 Å². The van der Waals surface area contributed by atoms with Crippen molar-refractivity contribution in [1.29, 1.82) is 0 Å². The third-order valence-corrected chi connectivity index (χ3v) is 4.75. The van der Waals surface area contributed by atoms with E-state index in [1.54, 1.807) is 6.20 Å². The van der Waals surface area contributed by atoms with Crippen molar-refractivity contribution in [2.75, 3.05) is 6.54 Å². The molecule has 1 aliphatic heterocycles. The summed E-state index contributed by atoms with van der Waals surface area (Å²) in [5, 5.41) is 3.43. The Labute approximate surface area is 144 Å². The number of pyridine rings is 1. The fourth-order valence-corrected chi connectivity index (χ4v) is 3.42. The SMILES string of the molecule is CC(C)Oc1cc(CN(C(=O)[C@H]2CCN[C@@H](C)C2)C2CC2)ccn1. The summed E-state index contributed by atoms with van der Waals surface area (Å²) in [4.78, 5) is 19.4. The Balaban J connectivity index is 1.69. The monoisotopic (exact) mass is 331 g/mol. The predicted molar refractivity (Wildman–Crippen MR) is 93.8 cm³/mol. The van der Waals surface area contributed by atoms with Crippen LogP contribution in [0.1, 0.15) is 52.0 Å². The zero-order valence-corrected chi connectivity index (χ0v) is 15.0. The Morgan fingerprint density at radius 2 is 2.21 bits per heavy atom. The van der Waals surface area contributed by atoms with Crippen LogP contribution in [0.2, 0.25) is 0 Å². The predicted octanol–water partition coefficient (Wildman–Crippen LogP) is 2.75. The molecular weight excluding hydrogens is 302 g/mol. The highest BCUT2D eigenvalue weighted by Crippen LogP contribution is 2.32. The van der Waals surface area contributed by atoms with E-state index in [2.05, 4.69) is 22.1 Å². The average Bonchev–Trinajstić information content (AvgIpc) is 3.36. The molecule has 1 amide bonds. The van der Waals surface area contributed by atoms with Gasteiger partial charge in [0.05, 0.1) is 6.10 Å². The van der Waals surface area contributed by atoms with Crippen molar-refractivity contribution in [2.45, 2.75) is 71.2 Å². The number of nitrogens with zero attached hydrogens (tertiary/aromatic N) is 2. The van der Waals surface area contributed by atoms with Gasteiger partial charge in [0.25, 0.3) is 0 Å². The van der Waals surface area contributed by atoms with Crippen molar-refractivity contribution < 1.29 is 9.53 Å². The van der Waals surface area contributed by atoms with Gasteiger partial charge in [0.1, 0.15) is 0 Å². The third-order valence-electron chi connectivity index (χ3n) is 4.75. The molecule has 1 saturated carbocycles. The van der Waals surface area contributed by atoms with Crippen LogP contribution in [0, 0.1) is 5.92 Å². The van der Waals surface area contributed by atoms with Crippen LogP contribution in [0.5, 0.6) is 5.88 Å². The van der Waals surface area contributed by atoms with E-state index in [-0.39, 0.29) is 12.0 Å². The standard InChI is InChI=1S/C19H29N3O2/c1-13(2)24-18-11-15(6-8-21-18)12-22(17-4-5-17)19(23)16-7-9-20-14(3)10-16/h6,8,11,13-14,16-17,20H,4-5,7,9-10,12H2,1-3H3/t14-,16-/m0/s1. The molecule has 0 aromatic carbocycles. The maximum atomic E-state index is 13.0. The minimum Gasteiger partial charge on any atom is -0.475 e. The maximum Gasteiger partial charge on any atom is 0.226 e. The van der Waals surface area contributed by atoms with Crippen molar-refractivity contribution in [3.8, 4) is 5.88 Å². The summed E-state index contributed by atoms with van der Waals surface area (Å²) < 4.78 is 5.68. The zero-order chi connectivity index (χ0) is 17.1. The lowest BCUT2D eigenvalue weighted by molar-refractivity contribution is -0.138. The molecule has 3 rings (SSSR count). The fourth-order valence-electron chi connectivity index (χ4n) is 3.42. The van der Waals surface area contributed by atoms with E-state index in [0.29, 0.717) is 30.4 Å². The molecule has 1 aliphatic carbocycles. The van der Waals surface area contributed by atoms with Gasteiger partial charge in [0, 0.05) is 36.8 Å². The van der Waals surface area contributed by atoms with E-state index in [4.69, 9.17) is 4.74 Å². The van der Waals surface area contributed by atoms with Crippen LogP contribution in [0.25, 0.3) is 0 Å². The quantitative estimate of drug-likeness (QED) is 0.871. The summed E-state index contributed by atoms with van der Waals surface area (Å²) in [6.45, 7) is 7.76. The summed E-state index contributed by atoms with van der Waals surface area (Å²) in [7, 11) is 0. The molecule has 1 saturated heterocycles. The smallest absolute Gasteiger partial charge is 0.226 e.